The van der Waals surface area contributed by atoms with E-state index >= 15 is 0 Å². The van der Waals surface area contributed by atoms with Crippen molar-refractivity contribution in [1.82, 2.24) is 0 Å². The fourth-order valence-corrected chi connectivity index (χ4v) is 1.20. The highest BCUT2D eigenvalue weighted by molar-refractivity contribution is 7.52. The highest BCUT2D eigenvalue weighted by atomic mass is 31.2. The fourth-order valence-electron chi connectivity index (χ4n) is 0.955. The zero-order valence-electron chi connectivity index (χ0n) is 8.64. The molecule has 5 nitrogen and oxygen atoms in total. The molecule has 0 aliphatic rings. The Morgan fingerprint density at radius 3 is 2.07 bits per heavy atom. The average molecular weight is 224 g/mol. The summed E-state index contributed by atoms with van der Waals surface area (Å²) in [5.74, 6) is -2.16. The van der Waals surface area contributed by atoms with E-state index in [0.717, 1.165) is 0 Å². The van der Waals surface area contributed by atoms with Gasteiger partial charge in [0.1, 0.15) is 0 Å². The maximum Gasteiger partial charge on any atom is 0.365 e. The van der Waals surface area contributed by atoms with Crippen molar-refractivity contribution in [2.24, 2.45) is 5.92 Å². The smallest absolute Gasteiger partial charge is 0.365 e. The molecule has 14 heavy (non-hydrogen) atoms. The molecule has 0 aromatic heterocycles. The molecule has 0 aliphatic heterocycles. The maximum absolute atomic E-state index is 11.3. The van der Waals surface area contributed by atoms with Gasteiger partial charge in [0.05, 0.1) is 5.92 Å². The fraction of sp³-hybridized carbons (Fsp3) is 0.875. The predicted octanol–water partition coefficient (Wildman–Crippen LogP) is 1.49. The number of hydrogen-bond donors (Lipinski definition) is 2. The van der Waals surface area contributed by atoms with E-state index in [0.29, 0.717) is 12.8 Å². The van der Waals surface area contributed by atoms with Crippen LogP contribution in [0.4, 0.5) is 0 Å². The van der Waals surface area contributed by atoms with Gasteiger partial charge in [-0.05, 0) is 19.8 Å². The van der Waals surface area contributed by atoms with Crippen molar-refractivity contribution < 1.29 is 23.9 Å². The predicted molar refractivity (Wildman–Crippen MR) is 51.7 cm³/mol. The molecule has 6 heteroatoms. The van der Waals surface area contributed by atoms with E-state index in [1.165, 1.54) is 6.92 Å². The van der Waals surface area contributed by atoms with E-state index < -0.39 is 19.4 Å². The van der Waals surface area contributed by atoms with Crippen LogP contribution in [0.2, 0.25) is 0 Å². The van der Waals surface area contributed by atoms with Gasteiger partial charge in [-0.25, -0.2) is 0 Å². The van der Waals surface area contributed by atoms with Gasteiger partial charge in [0.25, 0.3) is 0 Å². The molecule has 0 radical (unpaired) electrons. The Kier molecular flexibility index (Phi) is 5.34. The highest BCUT2D eigenvalue weighted by Gasteiger charge is 2.29. The second-order valence-electron chi connectivity index (χ2n) is 3.14. The van der Waals surface area contributed by atoms with E-state index in [-0.39, 0.29) is 5.92 Å². The number of rotatable bonds is 5. The molecule has 0 rings (SSSR count). The van der Waals surface area contributed by atoms with Gasteiger partial charge in [0, 0.05) is 0 Å². The van der Waals surface area contributed by atoms with Crippen molar-refractivity contribution in [3.05, 3.63) is 0 Å². The minimum Gasteiger partial charge on any atom is -0.449 e. The number of esters is 1. The van der Waals surface area contributed by atoms with Crippen LogP contribution >= 0.6 is 7.60 Å². The molecular formula is C8H17O5P. The first-order valence-corrected chi connectivity index (χ1v) is 6.26. The van der Waals surface area contributed by atoms with Crippen LogP contribution in [0, 0.1) is 5.92 Å². The molecule has 0 spiro atoms. The first-order valence-electron chi connectivity index (χ1n) is 4.58. The van der Waals surface area contributed by atoms with Gasteiger partial charge in [-0.1, -0.05) is 13.8 Å². The van der Waals surface area contributed by atoms with Crippen LogP contribution in [0.1, 0.15) is 33.6 Å². The largest absolute Gasteiger partial charge is 0.449 e. The Balaban J connectivity index is 4.25. The molecule has 0 aliphatic carbocycles. The van der Waals surface area contributed by atoms with E-state index in [4.69, 9.17) is 9.79 Å². The van der Waals surface area contributed by atoms with E-state index in [1.54, 1.807) is 0 Å². The number of carbonyl (C=O) groups excluding carboxylic acids is 1. The quantitative estimate of drug-likeness (QED) is 0.546. The molecule has 0 aromatic rings. The SMILES string of the molecule is CCC(CC)C(=O)OC(C)P(=O)(O)O. The highest BCUT2D eigenvalue weighted by Crippen LogP contribution is 2.41. The van der Waals surface area contributed by atoms with Crippen molar-refractivity contribution in [2.75, 3.05) is 0 Å². The molecule has 2 N–H and O–H groups in total. The van der Waals surface area contributed by atoms with Gasteiger partial charge >= 0.3 is 13.6 Å². The van der Waals surface area contributed by atoms with Crippen molar-refractivity contribution in [3.63, 3.8) is 0 Å². The third-order valence-electron chi connectivity index (χ3n) is 2.08. The van der Waals surface area contributed by atoms with Gasteiger partial charge in [-0.3, -0.25) is 9.36 Å². The second-order valence-corrected chi connectivity index (χ2v) is 5.04. The lowest BCUT2D eigenvalue weighted by Gasteiger charge is -2.17. The number of hydrogen-bond acceptors (Lipinski definition) is 3. The summed E-state index contributed by atoms with van der Waals surface area (Å²) in [6.07, 6.45) is 1.23. The zero-order valence-corrected chi connectivity index (χ0v) is 9.53. The van der Waals surface area contributed by atoms with Crippen LogP contribution in [0.5, 0.6) is 0 Å². The maximum atomic E-state index is 11.3. The molecule has 1 atom stereocenters. The lowest BCUT2D eigenvalue weighted by Crippen LogP contribution is -2.21. The van der Waals surface area contributed by atoms with E-state index in [2.05, 4.69) is 4.74 Å². The topological polar surface area (TPSA) is 83.8 Å². The van der Waals surface area contributed by atoms with Gasteiger partial charge < -0.3 is 14.5 Å². The van der Waals surface area contributed by atoms with Crippen molar-refractivity contribution in [2.45, 2.75) is 39.5 Å². The van der Waals surface area contributed by atoms with Gasteiger partial charge in [-0.15, -0.1) is 0 Å². The molecule has 84 valence electrons. The summed E-state index contributed by atoms with van der Waals surface area (Å²) < 4.78 is 15.3. The summed E-state index contributed by atoms with van der Waals surface area (Å²) in [6, 6.07) is 0. The number of carbonyl (C=O) groups is 1. The molecule has 0 aromatic carbocycles. The number of ether oxygens (including phenoxy) is 1. The minimum absolute atomic E-state index is 0.274. The summed E-state index contributed by atoms with van der Waals surface area (Å²) in [7, 11) is -4.31. The monoisotopic (exact) mass is 224 g/mol. The lowest BCUT2D eigenvalue weighted by molar-refractivity contribution is -0.150. The molecule has 1 unspecified atom stereocenters. The summed E-state index contributed by atoms with van der Waals surface area (Å²) in [5, 5.41) is 0. The first-order chi connectivity index (χ1) is 6.32. The Bertz CT molecular complexity index is 230. The molecule has 0 saturated heterocycles. The van der Waals surface area contributed by atoms with Crippen molar-refractivity contribution in [3.8, 4) is 0 Å². The van der Waals surface area contributed by atoms with Gasteiger partial charge in [0.15, 0.2) is 5.85 Å². The van der Waals surface area contributed by atoms with Crippen LogP contribution in [-0.4, -0.2) is 21.6 Å². The van der Waals surface area contributed by atoms with Crippen molar-refractivity contribution >= 4 is 13.6 Å². The average Bonchev–Trinajstić information content (AvgIpc) is 2.04. The molecule has 0 fully saturated rings. The summed E-state index contributed by atoms with van der Waals surface area (Å²) >= 11 is 0. The Hall–Kier alpha value is -0.380. The summed E-state index contributed by atoms with van der Waals surface area (Å²) in [4.78, 5) is 28.7. The van der Waals surface area contributed by atoms with Gasteiger partial charge in [-0.2, -0.15) is 0 Å². The Morgan fingerprint density at radius 1 is 1.36 bits per heavy atom. The van der Waals surface area contributed by atoms with Crippen LogP contribution in [0.25, 0.3) is 0 Å². The Labute approximate surface area is 83.6 Å². The second kappa shape index (κ2) is 5.49. The minimum atomic E-state index is -4.31. The summed E-state index contributed by atoms with van der Waals surface area (Å²) in [6.45, 7) is 4.86. The normalized spacial score (nSPS) is 14.1. The standard InChI is InChI=1S/C8H17O5P/c1-4-7(5-2)8(9)13-6(3)14(10,11)12/h6-7H,4-5H2,1-3H3,(H2,10,11,12). The van der Waals surface area contributed by atoms with Crippen LogP contribution < -0.4 is 0 Å². The first kappa shape index (κ1) is 13.6. The van der Waals surface area contributed by atoms with Gasteiger partial charge in [0.2, 0.25) is 0 Å². The lowest BCUT2D eigenvalue weighted by atomic mass is 10.0. The molecule has 0 bridgehead atoms. The third kappa shape index (κ3) is 4.22. The molecule has 0 heterocycles. The molecular weight excluding hydrogens is 207 g/mol. The molecule has 0 saturated carbocycles. The molecule has 0 amide bonds. The van der Waals surface area contributed by atoms with Crippen LogP contribution in [0.3, 0.4) is 0 Å². The van der Waals surface area contributed by atoms with E-state index in [9.17, 15) is 9.36 Å². The van der Waals surface area contributed by atoms with Crippen molar-refractivity contribution in [1.29, 1.82) is 0 Å². The van der Waals surface area contributed by atoms with E-state index in [1.807, 2.05) is 13.8 Å². The summed E-state index contributed by atoms with van der Waals surface area (Å²) in [5.41, 5.74) is 0. The van der Waals surface area contributed by atoms with Crippen LogP contribution in [-0.2, 0) is 14.1 Å². The Morgan fingerprint density at radius 2 is 1.79 bits per heavy atom. The third-order valence-corrected chi connectivity index (χ3v) is 3.13. The zero-order chi connectivity index (χ0) is 11.4. The van der Waals surface area contributed by atoms with Crippen LogP contribution in [0.15, 0.2) is 0 Å².